The Morgan fingerprint density at radius 3 is 2.59 bits per heavy atom. The third kappa shape index (κ3) is 8.28. The minimum absolute atomic E-state index is 0.318. The molecule has 1 atom stereocenters. The first-order valence-electron chi connectivity index (χ1n) is 9.87. The highest BCUT2D eigenvalue weighted by Gasteiger charge is 2.17. The first-order chi connectivity index (χ1) is 12.9. The van der Waals surface area contributed by atoms with Gasteiger partial charge in [0.2, 0.25) is 0 Å². The normalized spacial score (nSPS) is 21.2. The van der Waals surface area contributed by atoms with Crippen molar-refractivity contribution >= 4 is 12.2 Å². The fourth-order valence-electron chi connectivity index (χ4n) is 3.18. The van der Waals surface area contributed by atoms with E-state index < -0.39 is 0 Å². The minimum atomic E-state index is -0.318. The van der Waals surface area contributed by atoms with Gasteiger partial charge in [0.05, 0.1) is 12.7 Å². The SMILES string of the molecule is CC(C)(C)OC=O.CC1CN(c2cccc(CN3CCNCC3)c2)CCO1. The van der Waals surface area contributed by atoms with Gasteiger partial charge in [0.1, 0.15) is 5.60 Å². The number of anilines is 1. The van der Waals surface area contributed by atoms with Crippen molar-refractivity contribution in [3.05, 3.63) is 29.8 Å². The lowest BCUT2D eigenvalue weighted by molar-refractivity contribution is -0.138. The Balaban J connectivity index is 0.000000321. The van der Waals surface area contributed by atoms with Crippen LogP contribution in [0.5, 0.6) is 0 Å². The Bertz CT molecular complexity index is 568. The summed E-state index contributed by atoms with van der Waals surface area (Å²) in [6.45, 7) is 16.5. The molecule has 0 spiro atoms. The van der Waals surface area contributed by atoms with Crippen molar-refractivity contribution < 1.29 is 14.3 Å². The number of carbonyl (C=O) groups excluding carboxylic acids is 1. The predicted octanol–water partition coefficient (Wildman–Crippen LogP) is 2.27. The molecule has 2 fully saturated rings. The molecule has 3 rings (SSSR count). The number of nitrogens with one attached hydrogen (secondary N) is 1. The number of rotatable bonds is 4. The van der Waals surface area contributed by atoms with Gasteiger partial charge in [0, 0.05) is 51.5 Å². The molecule has 2 heterocycles. The van der Waals surface area contributed by atoms with Gasteiger partial charge in [0.15, 0.2) is 0 Å². The smallest absolute Gasteiger partial charge is 0.293 e. The molecule has 0 radical (unpaired) electrons. The van der Waals surface area contributed by atoms with Crippen LogP contribution in [0.15, 0.2) is 24.3 Å². The molecule has 1 aromatic rings. The summed E-state index contributed by atoms with van der Waals surface area (Å²) in [5.74, 6) is 0. The second kappa shape index (κ2) is 10.6. The Labute approximate surface area is 163 Å². The maximum absolute atomic E-state index is 9.60. The molecule has 0 saturated carbocycles. The van der Waals surface area contributed by atoms with E-state index in [1.54, 1.807) is 0 Å². The van der Waals surface area contributed by atoms with Gasteiger partial charge in [-0.15, -0.1) is 0 Å². The van der Waals surface area contributed by atoms with E-state index in [2.05, 4.69) is 51.0 Å². The van der Waals surface area contributed by atoms with Crippen molar-refractivity contribution in [3.63, 3.8) is 0 Å². The molecule has 1 N–H and O–H groups in total. The van der Waals surface area contributed by atoms with E-state index in [4.69, 9.17) is 4.74 Å². The molecule has 1 unspecified atom stereocenters. The summed E-state index contributed by atoms with van der Waals surface area (Å²) < 4.78 is 10.2. The Morgan fingerprint density at radius 1 is 1.26 bits per heavy atom. The lowest BCUT2D eigenvalue weighted by Gasteiger charge is -2.33. The van der Waals surface area contributed by atoms with Gasteiger partial charge in [-0.25, -0.2) is 0 Å². The third-order valence-electron chi connectivity index (χ3n) is 4.53. The molecule has 0 aliphatic carbocycles. The van der Waals surface area contributed by atoms with Crippen LogP contribution >= 0.6 is 0 Å². The van der Waals surface area contributed by atoms with Crippen molar-refractivity contribution in [1.82, 2.24) is 10.2 Å². The third-order valence-corrected chi connectivity index (χ3v) is 4.53. The van der Waals surface area contributed by atoms with Gasteiger partial charge in [0.25, 0.3) is 6.47 Å². The minimum Gasteiger partial charge on any atom is -0.462 e. The molecule has 0 bridgehead atoms. The first-order valence-corrected chi connectivity index (χ1v) is 9.87. The average Bonchev–Trinajstić information content (AvgIpc) is 2.62. The van der Waals surface area contributed by atoms with Crippen LogP contribution in [0.1, 0.15) is 33.3 Å². The van der Waals surface area contributed by atoms with Crippen LogP contribution in [0, 0.1) is 0 Å². The number of ether oxygens (including phenoxy) is 2. The van der Waals surface area contributed by atoms with E-state index in [1.165, 1.54) is 11.3 Å². The molecule has 2 saturated heterocycles. The lowest BCUT2D eigenvalue weighted by atomic mass is 10.1. The topological polar surface area (TPSA) is 54.0 Å². The highest BCUT2D eigenvalue weighted by atomic mass is 16.5. The van der Waals surface area contributed by atoms with Crippen LogP contribution in [0.4, 0.5) is 5.69 Å². The summed E-state index contributed by atoms with van der Waals surface area (Å²) in [6, 6.07) is 9.00. The maximum Gasteiger partial charge on any atom is 0.293 e. The molecular weight excluding hydrogens is 342 g/mol. The second-order valence-corrected chi connectivity index (χ2v) is 8.15. The highest BCUT2D eigenvalue weighted by Crippen LogP contribution is 2.20. The average molecular weight is 378 g/mol. The van der Waals surface area contributed by atoms with Crippen molar-refractivity contribution in [2.75, 3.05) is 50.8 Å². The molecule has 2 aliphatic rings. The predicted molar refractivity (Wildman–Crippen MR) is 109 cm³/mol. The zero-order valence-corrected chi connectivity index (χ0v) is 17.2. The summed E-state index contributed by atoms with van der Waals surface area (Å²) in [5, 5.41) is 3.40. The number of piperazine rings is 1. The Hall–Kier alpha value is -1.63. The molecule has 6 nitrogen and oxygen atoms in total. The number of hydrogen-bond acceptors (Lipinski definition) is 6. The van der Waals surface area contributed by atoms with E-state index in [-0.39, 0.29) is 5.60 Å². The number of hydrogen-bond donors (Lipinski definition) is 1. The first kappa shape index (κ1) is 21.7. The van der Waals surface area contributed by atoms with E-state index in [1.807, 2.05) is 20.8 Å². The van der Waals surface area contributed by atoms with Crippen LogP contribution in [0.3, 0.4) is 0 Å². The summed E-state index contributed by atoms with van der Waals surface area (Å²) >= 11 is 0. The van der Waals surface area contributed by atoms with Crippen LogP contribution < -0.4 is 10.2 Å². The highest BCUT2D eigenvalue weighted by molar-refractivity contribution is 5.49. The van der Waals surface area contributed by atoms with Crippen LogP contribution in [-0.2, 0) is 20.8 Å². The molecule has 1 aromatic carbocycles. The van der Waals surface area contributed by atoms with Gasteiger partial charge in [-0.2, -0.15) is 0 Å². The Morgan fingerprint density at radius 2 is 2.00 bits per heavy atom. The van der Waals surface area contributed by atoms with E-state index in [0.717, 1.165) is 52.4 Å². The quantitative estimate of drug-likeness (QED) is 0.813. The number of nitrogens with zero attached hydrogens (tertiary/aromatic N) is 2. The second-order valence-electron chi connectivity index (χ2n) is 8.15. The fourth-order valence-corrected chi connectivity index (χ4v) is 3.18. The molecule has 2 aliphatic heterocycles. The summed E-state index contributed by atoms with van der Waals surface area (Å²) in [4.78, 5) is 14.6. The maximum atomic E-state index is 9.60. The van der Waals surface area contributed by atoms with Gasteiger partial charge in [-0.05, 0) is 45.4 Å². The molecule has 27 heavy (non-hydrogen) atoms. The van der Waals surface area contributed by atoms with Crippen molar-refractivity contribution in [1.29, 1.82) is 0 Å². The largest absolute Gasteiger partial charge is 0.462 e. The fraction of sp³-hybridized carbons (Fsp3) is 0.667. The zero-order valence-electron chi connectivity index (χ0n) is 17.2. The van der Waals surface area contributed by atoms with Crippen LogP contribution in [0.2, 0.25) is 0 Å². The van der Waals surface area contributed by atoms with Gasteiger partial charge < -0.3 is 19.7 Å². The van der Waals surface area contributed by atoms with Crippen molar-refractivity contribution in [2.24, 2.45) is 0 Å². The molecular formula is C21H35N3O3. The number of carbonyl (C=O) groups is 1. The number of morpholine rings is 1. The molecule has 152 valence electrons. The van der Waals surface area contributed by atoms with Gasteiger partial charge >= 0.3 is 0 Å². The van der Waals surface area contributed by atoms with Crippen molar-refractivity contribution in [3.8, 4) is 0 Å². The van der Waals surface area contributed by atoms with E-state index >= 15 is 0 Å². The van der Waals surface area contributed by atoms with Crippen molar-refractivity contribution in [2.45, 2.75) is 45.9 Å². The number of benzene rings is 1. The zero-order chi connectivity index (χ0) is 19.7. The molecule has 6 heteroatoms. The monoisotopic (exact) mass is 377 g/mol. The van der Waals surface area contributed by atoms with E-state index in [0.29, 0.717) is 12.6 Å². The lowest BCUT2D eigenvalue weighted by Crippen LogP contribution is -2.43. The molecule has 0 amide bonds. The van der Waals surface area contributed by atoms with Crippen LogP contribution in [-0.4, -0.2) is 69.0 Å². The van der Waals surface area contributed by atoms with E-state index in [9.17, 15) is 4.79 Å². The Kier molecular flexibility index (Phi) is 8.54. The molecule has 0 aromatic heterocycles. The summed E-state index contributed by atoms with van der Waals surface area (Å²) in [7, 11) is 0. The standard InChI is InChI=1S/C16H25N3O.C5H10O2/c1-14-12-19(9-10-20-14)16-4-2-3-15(11-16)13-18-7-5-17-6-8-18;1-5(2,3)7-4-6/h2-4,11,14,17H,5-10,12-13H2,1H3;4H,1-3H3. The summed E-state index contributed by atoms with van der Waals surface area (Å²) in [6.07, 6.45) is 0.334. The van der Waals surface area contributed by atoms with Gasteiger partial charge in [-0.3, -0.25) is 9.69 Å². The van der Waals surface area contributed by atoms with Gasteiger partial charge in [-0.1, -0.05) is 12.1 Å². The van der Waals surface area contributed by atoms with Crippen LogP contribution in [0.25, 0.3) is 0 Å². The summed E-state index contributed by atoms with van der Waals surface area (Å²) in [5.41, 5.74) is 2.44.